The molecule has 2 rings (SSSR count). The van der Waals surface area contributed by atoms with Crippen LogP contribution in [0.4, 0.5) is 0 Å². The highest BCUT2D eigenvalue weighted by Gasteiger charge is 2.32. The van der Waals surface area contributed by atoms with E-state index >= 15 is 0 Å². The van der Waals surface area contributed by atoms with Crippen molar-refractivity contribution in [2.45, 2.75) is 34.1 Å². The van der Waals surface area contributed by atoms with Crippen molar-refractivity contribution < 1.29 is 9.59 Å². The zero-order valence-electron chi connectivity index (χ0n) is 9.52. The van der Waals surface area contributed by atoms with E-state index < -0.39 is 0 Å². The first-order valence-corrected chi connectivity index (χ1v) is 5.12. The Morgan fingerprint density at radius 1 is 0.667 bits per heavy atom. The quantitative estimate of drug-likeness (QED) is 0.606. The summed E-state index contributed by atoms with van der Waals surface area (Å²) in [4.78, 5) is 23.4. The highest BCUT2D eigenvalue weighted by atomic mass is 16.2. The molecule has 0 radical (unpaired) electrons. The van der Waals surface area contributed by atoms with Crippen molar-refractivity contribution in [2.75, 3.05) is 0 Å². The summed E-state index contributed by atoms with van der Waals surface area (Å²) in [5.74, 6) is -0.0302. The SMILES string of the molecule is Cc1c(C)c(C)c2c(c1C)C(=O)CC2=O. The number of fused-ring (bicyclic) bond motifs is 1. The first-order valence-electron chi connectivity index (χ1n) is 5.12. The second-order valence-electron chi connectivity index (χ2n) is 4.27. The third kappa shape index (κ3) is 1.17. The molecule has 0 unspecified atom stereocenters. The normalized spacial score (nSPS) is 14.7. The number of benzene rings is 1. The van der Waals surface area contributed by atoms with Gasteiger partial charge in [0, 0.05) is 11.1 Å². The molecule has 0 bridgehead atoms. The predicted molar refractivity (Wildman–Crippen MR) is 58.7 cm³/mol. The van der Waals surface area contributed by atoms with Gasteiger partial charge in [-0.05, 0) is 49.9 Å². The Hall–Kier alpha value is -1.44. The van der Waals surface area contributed by atoms with Crippen molar-refractivity contribution in [3.8, 4) is 0 Å². The lowest BCUT2D eigenvalue weighted by atomic mass is 9.90. The number of rotatable bonds is 0. The minimum atomic E-state index is -0.0151. The standard InChI is InChI=1S/C13H14O2/c1-6-7(2)9(4)13-11(15)5-10(14)12(13)8(6)3/h5H2,1-4H3. The fraction of sp³-hybridized carbons (Fsp3) is 0.385. The van der Waals surface area contributed by atoms with Crippen LogP contribution in [0.3, 0.4) is 0 Å². The van der Waals surface area contributed by atoms with Crippen molar-refractivity contribution in [3.63, 3.8) is 0 Å². The van der Waals surface area contributed by atoms with Gasteiger partial charge >= 0.3 is 0 Å². The van der Waals surface area contributed by atoms with E-state index in [1.807, 2.05) is 27.7 Å². The lowest BCUT2D eigenvalue weighted by molar-refractivity contribution is 0.0922. The fourth-order valence-corrected chi connectivity index (χ4v) is 2.33. The van der Waals surface area contributed by atoms with Crippen LogP contribution in [0.25, 0.3) is 0 Å². The summed E-state index contributed by atoms with van der Waals surface area (Å²) >= 11 is 0. The molecule has 0 heterocycles. The van der Waals surface area contributed by atoms with E-state index in [4.69, 9.17) is 0 Å². The number of carbonyl (C=O) groups excluding carboxylic acids is 2. The first kappa shape index (κ1) is 10.1. The third-order valence-corrected chi connectivity index (χ3v) is 3.57. The third-order valence-electron chi connectivity index (χ3n) is 3.57. The Labute approximate surface area is 89.3 Å². The first-order chi connectivity index (χ1) is 6.95. The molecule has 78 valence electrons. The van der Waals surface area contributed by atoms with E-state index in [2.05, 4.69) is 0 Å². The van der Waals surface area contributed by atoms with Crippen molar-refractivity contribution >= 4 is 11.6 Å². The van der Waals surface area contributed by atoms with Crippen LogP contribution >= 0.6 is 0 Å². The van der Waals surface area contributed by atoms with E-state index in [-0.39, 0.29) is 18.0 Å². The number of carbonyl (C=O) groups is 2. The fourth-order valence-electron chi connectivity index (χ4n) is 2.33. The molecule has 0 saturated carbocycles. The summed E-state index contributed by atoms with van der Waals surface area (Å²) < 4.78 is 0. The molecule has 0 spiro atoms. The highest BCUT2D eigenvalue weighted by molar-refractivity contribution is 6.25. The number of hydrogen-bond donors (Lipinski definition) is 0. The zero-order chi connectivity index (χ0) is 11.3. The van der Waals surface area contributed by atoms with Crippen molar-refractivity contribution in [2.24, 2.45) is 0 Å². The molecule has 15 heavy (non-hydrogen) atoms. The van der Waals surface area contributed by atoms with Crippen molar-refractivity contribution in [1.82, 2.24) is 0 Å². The number of Topliss-reactive ketones (excluding diaryl/α,β-unsaturated/α-hetero) is 2. The molecular weight excluding hydrogens is 188 g/mol. The molecule has 0 fully saturated rings. The predicted octanol–water partition coefficient (Wildman–Crippen LogP) is 2.69. The van der Waals surface area contributed by atoms with Crippen molar-refractivity contribution in [3.05, 3.63) is 33.4 Å². The van der Waals surface area contributed by atoms with E-state index in [0.29, 0.717) is 11.1 Å². The van der Waals surface area contributed by atoms with E-state index in [1.165, 1.54) is 0 Å². The van der Waals surface area contributed by atoms with Crippen LogP contribution < -0.4 is 0 Å². The van der Waals surface area contributed by atoms with Gasteiger partial charge in [-0.3, -0.25) is 9.59 Å². The number of ketones is 2. The van der Waals surface area contributed by atoms with E-state index in [9.17, 15) is 9.59 Å². The number of hydrogen-bond acceptors (Lipinski definition) is 2. The summed E-state index contributed by atoms with van der Waals surface area (Å²) in [6.07, 6.45) is 0.0555. The van der Waals surface area contributed by atoms with Gasteiger partial charge in [0.1, 0.15) is 0 Å². The average molecular weight is 202 g/mol. The van der Waals surface area contributed by atoms with Crippen molar-refractivity contribution in [1.29, 1.82) is 0 Å². The Morgan fingerprint density at radius 3 is 1.33 bits per heavy atom. The summed E-state index contributed by atoms with van der Waals surface area (Å²) in [6, 6.07) is 0. The maximum absolute atomic E-state index is 11.7. The van der Waals surface area contributed by atoms with Crippen LogP contribution in [0, 0.1) is 27.7 Å². The Kier molecular flexibility index (Phi) is 2.03. The lowest BCUT2D eigenvalue weighted by Crippen LogP contribution is -2.04. The molecule has 1 aliphatic carbocycles. The van der Waals surface area contributed by atoms with Crippen LogP contribution in [0.1, 0.15) is 49.4 Å². The average Bonchev–Trinajstić information content (AvgIpc) is 2.47. The Bertz CT molecular complexity index is 451. The summed E-state index contributed by atoms with van der Waals surface area (Å²) in [7, 11) is 0. The van der Waals surface area contributed by atoms with Crippen LogP contribution in [-0.4, -0.2) is 11.6 Å². The van der Waals surface area contributed by atoms with Gasteiger partial charge in [0.2, 0.25) is 0 Å². The van der Waals surface area contributed by atoms with E-state index in [1.54, 1.807) is 0 Å². The molecule has 1 aliphatic rings. The van der Waals surface area contributed by atoms with Gasteiger partial charge < -0.3 is 0 Å². The maximum Gasteiger partial charge on any atom is 0.171 e. The molecular formula is C13H14O2. The minimum absolute atomic E-state index is 0.0151. The van der Waals surface area contributed by atoms with Gasteiger partial charge in [0.25, 0.3) is 0 Å². The van der Waals surface area contributed by atoms with Gasteiger partial charge in [-0.2, -0.15) is 0 Å². The highest BCUT2D eigenvalue weighted by Crippen LogP contribution is 2.32. The molecule has 0 amide bonds. The maximum atomic E-state index is 11.7. The minimum Gasteiger partial charge on any atom is -0.294 e. The topological polar surface area (TPSA) is 34.1 Å². The molecule has 1 aromatic rings. The smallest absolute Gasteiger partial charge is 0.171 e. The molecule has 2 nitrogen and oxygen atoms in total. The monoisotopic (exact) mass is 202 g/mol. The van der Waals surface area contributed by atoms with Gasteiger partial charge in [-0.1, -0.05) is 0 Å². The van der Waals surface area contributed by atoms with Crippen LogP contribution in [-0.2, 0) is 0 Å². The molecule has 0 atom stereocenters. The van der Waals surface area contributed by atoms with Gasteiger partial charge in [-0.25, -0.2) is 0 Å². The van der Waals surface area contributed by atoms with E-state index in [0.717, 1.165) is 22.3 Å². The molecule has 2 heteroatoms. The van der Waals surface area contributed by atoms with Crippen LogP contribution in [0.15, 0.2) is 0 Å². The summed E-state index contributed by atoms with van der Waals surface area (Å²) in [5, 5.41) is 0. The molecule has 0 saturated heterocycles. The lowest BCUT2D eigenvalue weighted by Gasteiger charge is -2.13. The van der Waals surface area contributed by atoms with Crippen LogP contribution in [0.5, 0.6) is 0 Å². The van der Waals surface area contributed by atoms with Crippen LogP contribution in [0.2, 0.25) is 0 Å². The largest absolute Gasteiger partial charge is 0.294 e. The Balaban J connectivity index is 2.92. The zero-order valence-corrected chi connectivity index (χ0v) is 9.52. The van der Waals surface area contributed by atoms with Gasteiger partial charge in [-0.15, -0.1) is 0 Å². The Morgan fingerprint density at radius 2 is 1.00 bits per heavy atom. The molecule has 1 aromatic carbocycles. The van der Waals surface area contributed by atoms with Gasteiger partial charge in [0.05, 0.1) is 6.42 Å². The molecule has 0 aliphatic heterocycles. The van der Waals surface area contributed by atoms with Gasteiger partial charge in [0.15, 0.2) is 11.6 Å². The summed E-state index contributed by atoms with van der Waals surface area (Å²) in [6.45, 7) is 7.87. The second-order valence-corrected chi connectivity index (χ2v) is 4.27. The molecule has 0 aromatic heterocycles. The molecule has 0 N–H and O–H groups in total. The second kappa shape index (κ2) is 3.02. The summed E-state index contributed by atoms with van der Waals surface area (Å²) in [5.41, 5.74) is 5.55.